The first-order valence-electron chi connectivity index (χ1n) is 14.4. The molecule has 7 rings (SSSR count). The van der Waals surface area contributed by atoms with E-state index in [1.54, 1.807) is 0 Å². The van der Waals surface area contributed by atoms with Crippen LogP contribution in [0.2, 0.25) is 0 Å². The van der Waals surface area contributed by atoms with Crippen molar-refractivity contribution in [2.24, 2.45) is 0 Å². The predicted molar refractivity (Wildman–Crippen MR) is 181 cm³/mol. The average Bonchev–Trinajstić information content (AvgIpc) is 3.06. The Balaban J connectivity index is 1.34. The lowest BCUT2D eigenvalue weighted by molar-refractivity contribution is 1.28. The number of hydrogen-bond acceptors (Lipinski definition) is 1. The Bertz CT molecular complexity index is 1970. The van der Waals surface area contributed by atoms with Crippen molar-refractivity contribution in [2.75, 3.05) is 4.90 Å². The van der Waals surface area contributed by atoms with Gasteiger partial charge in [-0.25, -0.2) is 0 Å². The highest BCUT2D eigenvalue weighted by Gasteiger charge is 2.15. The first-order valence-corrected chi connectivity index (χ1v) is 14.4. The Kier molecular flexibility index (Phi) is 6.84. The molecule has 0 aliphatic heterocycles. The highest BCUT2D eigenvalue weighted by Crippen LogP contribution is 2.37. The van der Waals surface area contributed by atoms with E-state index < -0.39 is 0 Å². The second kappa shape index (κ2) is 11.2. The number of nitrogens with zero attached hydrogens (tertiary/aromatic N) is 1. The number of benzene rings is 7. The van der Waals surface area contributed by atoms with E-state index in [0.29, 0.717) is 0 Å². The van der Waals surface area contributed by atoms with Crippen LogP contribution in [-0.4, -0.2) is 0 Å². The monoisotopic (exact) mass is 537 g/mol. The van der Waals surface area contributed by atoms with E-state index in [1.165, 1.54) is 49.4 Å². The maximum atomic E-state index is 2.34. The Labute approximate surface area is 247 Å². The second-order valence-corrected chi connectivity index (χ2v) is 10.7. The zero-order chi connectivity index (χ0) is 28.3. The summed E-state index contributed by atoms with van der Waals surface area (Å²) in [5.74, 6) is 0. The maximum Gasteiger partial charge on any atom is 0.0462 e. The van der Waals surface area contributed by atoms with Crippen LogP contribution in [0.15, 0.2) is 170 Å². The molecular formula is C41H31N. The third-order valence-corrected chi connectivity index (χ3v) is 8.02. The molecule has 0 amide bonds. The summed E-state index contributed by atoms with van der Waals surface area (Å²) in [7, 11) is 0. The van der Waals surface area contributed by atoms with Crippen LogP contribution in [0.1, 0.15) is 23.6 Å². The molecule has 0 aliphatic rings. The third kappa shape index (κ3) is 4.98. The van der Waals surface area contributed by atoms with Gasteiger partial charge in [-0.05, 0) is 111 Å². The summed E-state index contributed by atoms with van der Waals surface area (Å²) in [6.45, 7) is 2.24. The molecule has 0 unspecified atom stereocenters. The molecule has 0 radical (unpaired) electrons. The van der Waals surface area contributed by atoms with Crippen LogP contribution in [0.4, 0.5) is 17.1 Å². The molecule has 0 atom stereocenters. The topological polar surface area (TPSA) is 3.24 Å². The molecular weight excluding hydrogens is 506 g/mol. The Hall–Kier alpha value is -5.40. The highest BCUT2D eigenvalue weighted by molar-refractivity contribution is 6.03. The molecule has 200 valence electrons. The molecule has 0 spiro atoms. The normalized spacial score (nSPS) is 11.8. The lowest BCUT2D eigenvalue weighted by Gasteiger charge is -2.25. The molecule has 0 heterocycles. The predicted octanol–water partition coefficient (Wildman–Crippen LogP) is 11.4. The Morgan fingerprint density at radius 1 is 0.357 bits per heavy atom. The van der Waals surface area contributed by atoms with E-state index in [2.05, 4.69) is 182 Å². The lowest BCUT2D eigenvalue weighted by atomic mass is 9.89. The minimum atomic E-state index is 1.13. The van der Waals surface area contributed by atoms with Gasteiger partial charge in [0.1, 0.15) is 0 Å². The van der Waals surface area contributed by atoms with Crippen LogP contribution in [0, 0.1) is 0 Å². The molecule has 1 heteroatoms. The third-order valence-electron chi connectivity index (χ3n) is 8.02. The SMILES string of the molecule is C/C(=C(/c1ccccc1)c1ccc2cc3ccccc3cc2c1)c1ccc(N(c2ccccc2)c2ccccc2)cc1. The number of hydrogen-bond donors (Lipinski definition) is 0. The van der Waals surface area contributed by atoms with Gasteiger partial charge >= 0.3 is 0 Å². The largest absolute Gasteiger partial charge is 0.311 e. The van der Waals surface area contributed by atoms with E-state index in [0.717, 1.165) is 17.1 Å². The summed E-state index contributed by atoms with van der Waals surface area (Å²) in [5, 5.41) is 5.05. The zero-order valence-electron chi connectivity index (χ0n) is 23.6. The molecule has 0 aliphatic carbocycles. The van der Waals surface area contributed by atoms with Crippen molar-refractivity contribution in [3.05, 3.63) is 187 Å². The molecule has 0 bridgehead atoms. The zero-order valence-corrected chi connectivity index (χ0v) is 23.6. The quantitative estimate of drug-likeness (QED) is 0.151. The number of allylic oxidation sites excluding steroid dienone is 1. The minimum absolute atomic E-state index is 1.13. The fourth-order valence-corrected chi connectivity index (χ4v) is 5.91. The van der Waals surface area contributed by atoms with Crippen LogP contribution < -0.4 is 4.90 Å². The van der Waals surface area contributed by atoms with Crippen molar-refractivity contribution in [2.45, 2.75) is 6.92 Å². The van der Waals surface area contributed by atoms with Gasteiger partial charge in [0.15, 0.2) is 0 Å². The van der Waals surface area contributed by atoms with Gasteiger partial charge in [0, 0.05) is 17.1 Å². The minimum Gasteiger partial charge on any atom is -0.311 e. The molecule has 0 N–H and O–H groups in total. The van der Waals surface area contributed by atoms with Crippen molar-refractivity contribution < 1.29 is 0 Å². The maximum absolute atomic E-state index is 2.34. The van der Waals surface area contributed by atoms with Crippen molar-refractivity contribution >= 4 is 49.8 Å². The summed E-state index contributed by atoms with van der Waals surface area (Å²) in [5.41, 5.74) is 9.55. The van der Waals surface area contributed by atoms with E-state index in [9.17, 15) is 0 Å². The van der Waals surface area contributed by atoms with Crippen molar-refractivity contribution in [1.29, 1.82) is 0 Å². The fourth-order valence-electron chi connectivity index (χ4n) is 5.91. The summed E-state index contributed by atoms with van der Waals surface area (Å²) in [4.78, 5) is 2.30. The van der Waals surface area contributed by atoms with Crippen LogP contribution in [0.5, 0.6) is 0 Å². The van der Waals surface area contributed by atoms with E-state index in [1.807, 2.05) is 0 Å². The van der Waals surface area contributed by atoms with Crippen molar-refractivity contribution in [1.82, 2.24) is 0 Å². The van der Waals surface area contributed by atoms with Gasteiger partial charge < -0.3 is 4.90 Å². The number of rotatable bonds is 6. The number of anilines is 3. The summed E-state index contributed by atoms with van der Waals surface area (Å²) in [6.07, 6.45) is 0. The van der Waals surface area contributed by atoms with Gasteiger partial charge in [-0.2, -0.15) is 0 Å². The number of para-hydroxylation sites is 2. The Morgan fingerprint density at radius 2 is 0.810 bits per heavy atom. The molecule has 0 aromatic heterocycles. The van der Waals surface area contributed by atoms with Crippen LogP contribution in [-0.2, 0) is 0 Å². The molecule has 0 saturated heterocycles. The molecule has 7 aromatic carbocycles. The van der Waals surface area contributed by atoms with Gasteiger partial charge in [-0.3, -0.25) is 0 Å². The molecule has 1 nitrogen and oxygen atoms in total. The van der Waals surface area contributed by atoms with Crippen LogP contribution in [0.3, 0.4) is 0 Å². The number of fused-ring (bicyclic) bond motifs is 2. The fraction of sp³-hybridized carbons (Fsp3) is 0.0244. The summed E-state index contributed by atoms with van der Waals surface area (Å²) < 4.78 is 0. The first kappa shape index (κ1) is 25.6. The highest BCUT2D eigenvalue weighted by atomic mass is 15.1. The van der Waals surface area contributed by atoms with Gasteiger partial charge in [0.05, 0.1) is 0 Å². The van der Waals surface area contributed by atoms with E-state index >= 15 is 0 Å². The lowest BCUT2D eigenvalue weighted by Crippen LogP contribution is -2.09. The Morgan fingerprint density at radius 3 is 1.40 bits per heavy atom. The first-order chi connectivity index (χ1) is 20.7. The molecule has 0 saturated carbocycles. The van der Waals surface area contributed by atoms with E-state index in [-0.39, 0.29) is 0 Å². The summed E-state index contributed by atoms with van der Waals surface area (Å²) in [6, 6.07) is 60.9. The molecule has 0 fully saturated rings. The van der Waals surface area contributed by atoms with Crippen LogP contribution in [0.25, 0.3) is 32.7 Å². The van der Waals surface area contributed by atoms with Crippen molar-refractivity contribution in [3.8, 4) is 0 Å². The molecule has 7 aromatic rings. The molecule has 42 heavy (non-hydrogen) atoms. The van der Waals surface area contributed by atoms with Gasteiger partial charge in [-0.1, -0.05) is 115 Å². The second-order valence-electron chi connectivity index (χ2n) is 10.7. The van der Waals surface area contributed by atoms with Crippen LogP contribution >= 0.6 is 0 Å². The smallest absolute Gasteiger partial charge is 0.0462 e. The summed E-state index contributed by atoms with van der Waals surface area (Å²) >= 11 is 0. The van der Waals surface area contributed by atoms with Gasteiger partial charge in [-0.15, -0.1) is 0 Å². The average molecular weight is 538 g/mol. The standard InChI is InChI=1S/C41H31N/c1-30(31-23-25-40(26-24-31)42(38-17-7-3-8-18-38)39-19-9-4-10-20-39)41(32-13-5-2-6-14-32)36-22-21-35-27-33-15-11-12-16-34(33)28-37(35)29-36/h2-29H,1H3/b41-30+. The van der Waals surface area contributed by atoms with Gasteiger partial charge in [0.2, 0.25) is 0 Å². The van der Waals surface area contributed by atoms with Crippen molar-refractivity contribution in [3.63, 3.8) is 0 Å². The van der Waals surface area contributed by atoms with Gasteiger partial charge in [0.25, 0.3) is 0 Å². The van der Waals surface area contributed by atoms with E-state index in [4.69, 9.17) is 0 Å².